The second kappa shape index (κ2) is 7.73. The lowest BCUT2D eigenvalue weighted by Crippen LogP contribution is -2.25. The smallest absolute Gasteiger partial charge is 0.269 e. The molecule has 1 aliphatic rings. The van der Waals surface area contributed by atoms with E-state index in [9.17, 15) is 4.79 Å². The first-order chi connectivity index (χ1) is 13.5. The zero-order valence-corrected chi connectivity index (χ0v) is 16.5. The SMILES string of the molecule is Cc1nn(CCCNC(=O)c2cc(-c3ccc4c(c3)OCO4)n[nH]2)c(Cl)c1Cl. The number of nitrogens with one attached hydrogen (secondary N) is 2. The van der Waals surface area contributed by atoms with Gasteiger partial charge in [-0.05, 0) is 37.6 Å². The Kier molecular flexibility index (Phi) is 5.15. The van der Waals surface area contributed by atoms with Crippen LogP contribution in [0.15, 0.2) is 24.3 Å². The van der Waals surface area contributed by atoms with Crippen molar-refractivity contribution in [1.29, 1.82) is 0 Å². The van der Waals surface area contributed by atoms with Crippen LogP contribution < -0.4 is 14.8 Å². The Bertz CT molecular complexity index is 1030. The van der Waals surface area contributed by atoms with Crippen molar-refractivity contribution in [1.82, 2.24) is 25.3 Å². The molecule has 0 unspecified atom stereocenters. The van der Waals surface area contributed by atoms with Crippen molar-refractivity contribution in [3.63, 3.8) is 0 Å². The van der Waals surface area contributed by atoms with Crippen molar-refractivity contribution in [2.24, 2.45) is 0 Å². The molecule has 2 aromatic heterocycles. The summed E-state index contributed by atoms with van der Waals surface area (Å²) in [4.78, 5) is 12.3. The molecule has 0 saturated heterocycles. The highest BCUT2D eigenvalue weighted by Gasteiger charge is 2.16. The maximum Gasteiger partial charge on any atom is 0.269 e. The molecule has 0 spiro atoms. The summed E-state index contributed by atoms with van der Waals surface area (Å²) in [7, 11) is 0. The Morgan fingerprint density at radius 1 is 1.29 bits per heavy atom. The molecule has 0 aliphatic carbocycles. The van der Waals surface area contributed by atoms with E-state index in [0.717, 1.165) is 5.56 Å². The van der Waals surface area contributed by atoms with Crippen LogP contribution in [0.25, 0.3) is 11.3 Å². The zero-order chi connectivity index (χ0) is 19.7. The number of nitrogens with zero attached hydrogens (tertiary/aromatic N) is 3. The van der Waals surface area contributed by atoms with Gasteiger partial charge < -0.3 is 14.8 Å². The lowest BCUT2D eigenvalue weighted by atomic mass is 10.1. The summed E-state index contributed by atoms with van der Waals surface area (Å²) in [6, 6.07) is 7.22. The van der Waals surface area contributed by atoms with Gasteiger partial charge in [0.05, 0.1) is 11.4 Å². The molecule has 146 valence electrons. The normalized spacial score (nSPS) is 12.4. The van der Waals surface area contributed by atoms with Crippen LogP contribution >= 0.6 is 23.2 Å². The van der Waals surface area contributed by atoms with E-state index in [1.165, 1.54) is 0 Å². The number of aromatic amines is 1. The molecule has 3 heterocycles. The van der Waals surface area contributed by atoms with Crippen LogP contribution in [-0.4, -0.2) is 39.2 Å². The number of benzene rings is 1. The van der Waals surface area contributed by atoms with E-state index in [-0.39, 0.29) is 12.7 Å². The van der Waals surface area contributed by atoms with E-state index in [0.29, 0.717) is 58.3 Å². The van der Waals surface area contributed by atoms with E-state index < -0.39 is 0 Å². The van der Waals surface area contributed by atoms with Crippen LogP contribution in [0.1, 0.15) is 22.6 Å². The van der Waals surface area contributed by atoms with Gasteiger partial charge in [0.2, 0.25) is 6.79 Å². The Morgan fingerprint density at radius 2 is 2.11 bits per heavy atom. The standard InChI is InChI=1S/C18H17Cl2N5O3/c1-10-16(19)17(20)25(24-10)6-2-5-21-18(26)13-8-12(22-23-13)11-3-4-14-15(7-11)28-9-27-14/h3-4,7-8H,2,5-6,9H2,1H3,(H,21,26)(H,22,23). The number of ether oxygens (including phenoxy) is 2. The summed E-state index contributed by atoms with van der Waals surface area (Å²) in [5.74, 6) is 1.13. The Morgan fingerprint density at radius 3 is 2.89 bits per heavy atom. The Balaban J connectivity index is 1.32. The van der Waals surface area contributed by atoms with Crippen LogP contribution in [0, 0.1) is 6.92 Å². The van der Waals surface area contributed by atoms with Gasteiger partial charge in [0, 0.05) is 18.7 Å². The molecule has 1 amide bonds. The van der Waals surface area contributed by atoms with Crippen molar-refractivity contribution >= 4 is 29.1 Å². The second-order valence-corrected chi connectivity index (χ2v) is 6.99. The maximum absolute atomic E-state index is 12.3. The molecular weight excluding hydrogens is 405 g/mol. The quantitative estimate of drug-likeness (QED) is 0.594. The van der Waals surface area contributed by atoms with Gasteiger partial charge in [-0.25, -0.2) is 0 Å². The Labute approximate surface area is 170 Å². The van der Waals surface area contributed by atoms with Gasteiger partial charge in [0.15, 0.2) is 11.5 Å². The largest absolute Gasteiger partial charge is 0.454 e. The number of aryl methyl sites for hydroxylation is 2. The predicted molar refractivity (Wildman–Crippen MR) is 104 cm³/mol. The summed E-state index contributed by atoms with van der Waals surface area (Å²) >= 11 is 12.1. The maximum atomic E-state index is 12.3. The van der Waals surface area contributed by atoms with Gasteiger partial charge in [-0.1, -0.05) is 23.2 Å². The van der Waals surface area contributed by atoms with E-state index in [2.05, 4.69) is 20.6 Å². The average molecular weight is 422 g/mol. The monoisotopic (exact) mass is 421 g/mol. The van der Waals surface area contributed by atoms with E-state index in [4.69, 9.17) is 32.7 Å². The van der Waals surface area contributed by atoms with Crippen molar-refractivity contribution in [2.75, 3.05) is 13.3 Å². The van der Waals surface area contributed by atoms with Crippen LogP contribution in [0.3, 0.4) is 0 Å². The van der Waals surface area contributed by atoms with E-state index >= 15 is 0 Å². The number of carbonyl (C=O) groups is 1. The van der Waals surface area contributed by atoms with E-state index in [1.54, 1.807) is 17.7 Å². The number of hydrogen-bond donors (Lipinski definition) is 2. The number of carbonyl (C=O) groups excluding carboxylic acids is 1. The van der Waals surface area contributed by atoms with Gasteiger partial charge >= 0.3 is 0 Å². The number of halogens is 2. The van der Waals surface area contributed by atoms with Crippen LogP contribution in [0.5, 0.6) is 11.5 Å². The highest BCUT2D eigenvalue weighted by Crippen LogP contribution is 2.35. The molecule has 0 radical (unpaired) electrons. The number of H-pyrrole nitrogens is 1. The van der Waals surface area contributed by atoms with Crippen LogP contribution in [0.2, 0.25) is 10.2 Å². The number of rotatable bonds is 6. The molecule has 0 fully saturated rings. The average Bonchev–Trinajstić information content (AvgIpc) is 3.41. The minimum Gasteiger partial charge on any atom is -0.454 e. The predicted octanol–water partition coefficient (Wildman–Crippen LogP) is 3.44. The number of hydrogen-bond acceptors (Lipinski definition) is 5. The molecule has 0 saturated carbocycles. The van der Waals surface area contributed by atoms with Gasteiger partial charge in [-0.3, -0.25) is 14.6 Å². The number of fused-ring (bicyclic) bond motifs is 1. The summed E-state index contributed by atoms with van der Waals surface area (Å²) in [5, 5.41) is 14.9. The van der Waals surface area contributed by atoms with Crippen molar-refractivity contribution in [3.8, 4) is 22.8 Å². The molecule has 0 atom stereocenters. The first-order valence-electron chi connectivity index (χ1n) is 8.65. The third-order valence-electron chi connectivity index (χ3n) is 4.32. The van der Waals surface area contributed by atoms with Crippen molar-refractivity contribution < 1.29 is 14.3 Å². The first-order valence-corrected chi connectivity index (χ1v) is 9.40. The van der Waals surface area contributed by atoms with Gasteiger partial charge in [0.25, 0.3) is 5.91 Å². The fourth-order valence-electron chi connectivity index (χ4n) is 2.85. The molecule has 3 aromatic rings. The van der Waals surface area contributed by atoms with Gasteiger partial charge in [-0.15, -0.1) is 0 Å². The molecular formula is C18H17Cl2N5O3. The molecule has 28 heavy (non-hydrogen) atoms. The highest BCUT2D eigenvalue weighted by atomic mass is 35.5. The highest BCUT2D eigenvalue weighted by molar-refractivity contribution is 6.41. The molecule has 1 aliphatic heterocycles. The third-order valence-corrected chi connectivity index (χ3v) is 5.25. The third kappa shape index (κ3) is 3.65. The van der Waals surface area contributed by atoms with E-state index in [1.807, 2.05) is 18.2 Å². The van der Waals surface area contributed by atoms with Gasteiger partial charge in [0.1, 0.15) is 15.9 Å². The fraction of sp³-hybridized carbons (Fsp3) is 0.278. The zero-order valence-electron chi connectivity index (χ0n) is 15.0. The second-order valence-electron chi connectivity index (χ2n) is 6.26. The minimum atomic E-state index is -0.236. The van der Waals surface area contributed by atoms with Crippen LogP contribution in [-0.2, 0) is 6.54 Å². The number of amides is 1. The first kappa shape index (κ1) is 18.6. The van der Waals surface area contributed by atoms with Crippen LogP contribution in [0.4, 0.5) is 0 Å². The molecule has 8 nitrogen and oxygen atoms in total. The molecule has 10 heteroatoms. The Hall–Kier alpha value is -2.71. The number of aromatic nitrogens is 4. The molecule has 4 rings (SSSR count). The summed E-state index contributed by atoms with van der Waals surface area (Å²) in [6.45, 7) is 3.02. The summed E-state index contributed by atoms with van der Waals surface area (Å²) < 4.78 is 12.3. The molecule has 2 N–H and O–H groups in total. The summed E-state index contributed by atoms with van der Waals surface area (Å²) in [5.41, 5.74) is 2.55. The lowest BCUT2D eigenvalue weighted by Gasteiger charge is -2.05. The molecule has 0 bridgehead atoms. The lowest BCUT2D eigenvalue weighted by molar-refractivity contribution is 0.0947. The molecule has 1 aromatic carbocycles. The summed E-state index contributed by atoms with van der Waals surface area (Å²) in [6.07, 6.45) is 0.659. The fourth-order valence-corrected chi connectivity index (χ4v) is 3.24. The topological polar surface area (TPSA) is 94.1 Å². The van der Waals surface area contributed by atoms with Gasteiger partial charge in [-0.2, -0.15) is 10.2 Å². The van der Waals surface area contributed by atoms with Crippen molar-refractivity contribution in [3.05, 3.63) is 45.8 Å². The van der Waals surface area contributed by atoms with Crippen molar-refractivity contribution in [2.45, 2.75) is 19.9 Å². The minimum absolute atomic E-state index is 0.211.